The van der Waals surface area contributed by atoms with Crippen molar-refractivity contribution in [1.29, 1.82) is 0 Å². The Hall–Kier alpha value is -2.01. The van der Waals surface area contributed by atoms with Gasteiger partial charge >= 0.3 is 0 Å². The number of aromatic nitrogens is 1. The predicted molar refractivity (Wildman–Crippen MR) is 61.5 cm³/mol. The van der Waals surface area contributed by atoms with E-state index in [-0.39, 0.29) is 35.9 Å². The summed E-state index contributed by atoms with van der Waals surface area (Å²) in [7, 11) is 0. The molecule has 0 saturated carbocycles. The molecule has 0 aliphatic carbocycles. The maximum atomic E-state index is 12.3. The average Bonchev–Trinajstić information content (AvgIpc) is 3.05. The molecular weight excluding hydrogens is 232 g/mol. The lowest BCUT2D eigenvalue weighted by atomic mass is 9.85. The second-order valence-electron chi connectivity index (χ2n) is 4.70. The molecule has 18 heavy (non-hydrogen) atoms. The van der Waals surface area contributed by atoms with Crippen LogP contribution in [0.1, 0.15) is 0 Å². The topological polar surface area (TPSA) is 59.5 Å². The summed E-state index contributed by atoms with van der Waals surface area (Å²) in [6, 6.07) is 5.19. The molecule has 2 amide bonds. The molecule has 1 aromatic heterocycles. The highest BCUT2D eigenvalue weighted by Gasteiger charge is 2.61. The molecule has 4 rings (SSSR count). The SMILES string of the molecule is O=C1C2C3C=CC(O3)C2C(=O)N1c1ccccn1. The minimum atomic E-state index is -0.366. The van der Waals surface area contributed by atoms with E-state index in [9.17, 15) is 9.59 Å². The average molecular weight is 242 g/mol. The maximum absolute atomic E-state index is 12.3. The summed E-state index contributed by atoms with van der Waals surface area (Å²) in [4.78, 5) is 30.0. The number of ether oxygens (including phenoxy) is 1. The van der Waals surface area contributed by atoms with E-state index in [2.05, 4.69) is 4.98 Å². The van der Waals surface area contributed by atoms with E-state index in [4.69, 9.17) is 4.74 Å². The van der Waals surface area contributed by atoms with E-state index in [0.717, 1.165) is 0 Å². The fraction of sp³-hybridized carbons (Fsp3) is 0.308. The number of rotatable bonds is 1. The third kappa shape index (κ3) is 1.07. The number of nitrogens with zero attached hydrogens (tertiary/aromatic N) is 2. The van der Waals surface area contributed by atoms with Crippen LogP contribution in [0.25, 0.3) is 0 Å². The Balaban J connectivity index is 1.77. The standard InChI is InChI=1S/C13H10N2O3/c16-12-10-7-4-5-8(18-7)11(10)13(17)15(12)9-3-1-2-6-14-9/h1-8,10-11H. The molecule has 3 aliphatic heterocycles. The first-order valence-electron chi connectivity index (χ1n) is 5.90. The Morgan fingerprint density at radius 3 is 2.28 bits per heavy atom. The van der Waals surface area contributed by atoms with Crippen molar-refractivity contribution in [3.05, 3.63) is 36.5 Å². The molecule has 2 saturated heterocycles. The quantitative estimate of drug-likeness (QED) is 0.532. The fourth-order valence-corrected chi connectivity index (χ4v) is 3.02. The van der Waals surface area contributed by atoms with Crippen LogP contribution in [-0.4, -0.2) is 29.0 Å². The normalized spacial score (nSPS) is 36.6. The van der Waals surface area contributed by atoms with E-state index in [1.807, 2.05) is 12.2 Å². The van der Waals surface area contributed by atoms with Crippen LogP contribution in [0.15, 0.2) is 36.5 Å². The van der Waals surface area contributed by atoms with Gasteiger partial charge in [0.05, 0.1) is 24.0 Å². The van der Waals surface area contributed by atoms with Gasteiger partial charge in [0.15, 0.2) is 0 Å². The third-order valence-corrected chi connectivity index (χ3v) is 3.79. The lowest BCUT2D eigenvalue weighted by molar-refractivity contribution is -0.124. The molecule has 2 fully saturated rings. The van der Waals surface area contributed by atoms with Gasteiger partial charge in [-0.1, -0.05) is 18.2 Å². The van der Waals surface area contributed by atoms with Gasteiger partial charge in [-0.3, -0.25) is 9.59 Å². The van der Waals surface area contributed by atoms with Crippen molar-refractivity contribution in [2.45, 2.75) is 12.2 Å². The summed E-state index contributed by atoms with van der Waals surface area (Å²) in [5.74, 6) is -0.716. The number of anilines is 1. The lowest BCUT2D eigenvalue weighted by Gasteiger charge is -2.16. The van der Waals surface area contributed by atoms with E-state index in [1.165, 1.54) is 4.90 Å². The van der Waals surface area contributed by atoms with Crippen LogP contribution in [0.4, 0.5) is 5.82 Å². The molecule has 4 heterocycles. The van der Waals surface area contributed by atoms with Crippen molar-refractivity contribution in [3.63, 3.8) is 0 Å². The van der Waals surface area contributed by atoms with Gasteiger partial charge in [0.25, 0.3) is 0 Å². The smallest absolute Gasteiger partial charge is 0.241 e. The molecule has 2 bridgehead atoms. The number of carbonyl (C=O) groups is 2. The van der Waals surface area contributed by atoms with Crippen molar-refractivity contribution < 1.29 is 14.3 Å². The molecule has 5 nitrogen and oxygen atoms in total. The Morgan fingerprint density at radius 2 is 1.72 bits per heavy atom. The van der Waals surface area contributed by atoms with Gasteiger partial charge in [-0.05, 0) is 12.1 Å². The highest BCUT2D eigenvalue weighted by atomic mass is 16.5. The first kappa shape index (κ1) is 9.96. The predicted octanol–water partition coefficient (Wildman–Crippen LogP) is 0.524. The summed E-state index contributed by atoms with van der Waals surface area (Å²) in [6.07, 6.45) is 4.83. The number of hydrogen-bond acceptors (Lipinski definition) is 4. The Kier molecular flexibility index (Phi) is 1.81. The van der Waals surface area contributed by atoms with Gasteiger partial charge in [0.2, 0.25) is 11.8 Å². The molecule has 0 radical (unpaired) electrons. The molecule has 0 aromatic carbocycles. The van der Waals surface area contributed by atoms with Gasteiger partial charge in [-0.25, -0.2) is 9.88 Å². The van der Waals surface area contributed by atoms with Crippen LogP contribution in [0.5, 0.6) is 0 Å². The Labute approximate surface area is 103 Å². The van der Waals surface area contributed by atoms with Crippen molar-refractivity contribution in [2.24, 2.45) is 11.8 Å². The zero-order chi connectivity index (χ0) is 12.3. The first-order valence-corrected chi connectivity index (χ1v) is 5.90. The van der Waals surface area contributed by atoms with Crippen LogP contribution in [0.2, 0.25) is 0 Å². The molecule has 90 valence electrons. The summed E-state index contributed by atoms with van der Waals surface area (Å²) in [5, 5.41) is 0. The molecule has 0 N–H and O–H groups in total. The molecule has 5 heteroatoms. The van der Waals surface area contributed by atoms with Crippen molar-refractivity contribution >= 4 is 17.6 Å². The second-order valence-corrected chi connectivity index (χ2v) is 4.70. The minimum absolute atomic E-state index is 0.194. The molecule has 3 aliphatic rings. The zero-order valence-corrected chi connectivity index (χ0v) is 9.39. The highest BCUT2D eigenvalue weighted by molar-refractivity contribution is 6.22. The number of hydrogen-bond donors (Lipinski definition) is 0. The zero-order valence-electron chi connectivity index (χ0n) is 9.39. The molecule has 4 unspecified atom stereocenters. The monoisotopic (exact) mass is 242 g/mol. The summed E-state index contributed by atoms with van der Waals surface area (Å²) >= 11 is 0. The van der Waals surface area contributed by atoms with E-state index in [1.54, 1.807) is 24.4 Å². The third-order valence-electron chi connectivity index (χ3n) is 3.79. The summed E-state index contributed by atoms with van der Waals surface area (Å²) in [5.41, 5.74) is 0. The Morgan fingerprint density at radius 1 is 1.06 bits per heavy atom. The van der Waals surface area contributed by atoms with Crippen molar-refractivity contribution in [3.8, 4) is 0 Å². The largest absolute Gasteiger partial charge is 0.365 e. The van der Waals surface area contributed by atoms with E-state index in [0.29, 0.717) is 5.82 Å². The van der Waals surface area contributed by atoms with Gasteiger partial charge in [-0.15, -0.1) is 0 Å². The van der Waals surface area contributed by atoms with Crippen LogP contribution in [-0.2, 0) is 14.3 Å². The fourth-order valence-electron chi connectivity index (χ4n) is 3.02. The van der Waals surface area contributed by atoms with Gasteiger partial charge < -0.3 is 4.74 Å². The molecule has 4 atom stereocenters. The minimum Gasteiger partial charge on any atom is -0.365 e. The summed E-state index contributed by atoms with van der Waals surface area (Å²) in [6.45, 7) is 0. The molecular formula is C13H10N2O3. The Bertz CT molecular complexity index is 539. The van der Waals surface area contributed by atoms with Crippen LogP contribution >= 0.6 is 0 Å². The maximum Gasteiger partial charge on any atom is 0.241 e. The number of amides is 2. The second kappa shape index (κ2) is 3.26. The number of carbonyl (C=O) groups excluding carboxylic acids is 2. The van der Waals surface area contributed by atoms with Crippen molar-refractivity contribution in [2.75, 3.05) is 4.90 Å². The van der Waals surface area contributed by atoms with Gasteiger partial charge in [0, 0.05) is 6.20 Å². The number of fused-ring (bicyclic) bond motifs is 5. The van der Waals surface area contributed by atoms with E-state index < -0.39 is 0 Å². The van der Waals surface area contributed by atoms with Crippen LogP contribution < -0.4 is 4.90 Å². The first-order chi connectivity index (χ1) is 8.77. The molecule has 0 spiro atoms. The lowest BCUT2D eigenvalue weighted by Crippen LogP contribution is -2.34. The van der Waals surface area contributed by atoms with E-state index >= 15 is 0 Å². The highest BCUT2D eigenvalue weighted by Crippen LogP contribution is 2.45. The van der Waals surface area contributed by atoms with Crippen LogP contribution in [0, 0.1) is 11.8 Å². The van der Waals surface area contributed by atoms with Gasteiger partial charge in [-0.2, -0.15) is 0 Å². The molecule has 1 aromatic rings. The number of pyridine rings is 1. The van der Waals surface area contributed by atoms with Gasteiger partial charge in [0.1, 0.15) is 5.82 Å². The summed E-state index contributed by atoms with van der Waals surface area (Å²) < 4.78 is 5.56. The number of imide groups is 1. The van der Waals surface area contributed by atoms with Crippen molar-refractivity contribution in [1.82, 2.24) is 4.98 Å². The van der Waals surface area contributed by atoms with Crippen LogP contribution in [0.3, 0.4) is 0 Å².